The summed E-state index contributed by atoms with van der Waals surface area (Å²) in [6, 6.07) is 23.4. The Kier molecular flexibility index (Phi) is 5.11. The van der Waals surface area contributed by atoms with Gasteiger partial charge in [-0.15, -0.1) is 0 Å². The molecule has 3 aromatic carbocycles. The number of aromatic nitrogens is 1. The molecule has 4 nitrogen and oxygen atoms in total. The smallest absolute Gasteiger partial charge is 0.255 e. The summed E-state index contributed by atoms with van der Waals surface area (Å²) in [5, 5.41) is 14.2. The lowest BCUT2D eigenvalue weighted by Crippen LogP contribution is -2.25. The first-order valence-electron chi connectivity index (χ1n) is 9.40. The molecule has 0 aliphatic heterocycles. The van der Waals surface area contributed by atoms with Gasteiger partial charge < -0.3 is 15.4 Å². The minimum absolute atomic E-state index is 0.00130. The Hall–Kier alpha value is -3.53. The second-order valence-electron chi connectivity index (χ2n) is 6.88. The molecule has 0 atom stereocenters. The van der Waals surface area contributed by atoms with E-state index in [-0.39, 0.29) is 11.7 Å². The molecule has 0 unspecified atom stereocenters. The van der Waals surface area contributed by atoms with Gasteiger partial charge in [0, 0.05) is 23.6 Å². The molecule has 4 aromatic rings. The summed E-state index contributed by atoms with van der Waals surface area (Å²) < 4.78 is 0. The summed E-state index contributed by atoms with van der Waals surface area (Å²) in [6.07, 6.45) is 3.42. The zero-order chi connectivity index (χ0) is 19.3. The molecule has 0 aliphatic carbocycles. The number of amides is 1. The number of H-pyrrole nitrogens is 1. The van der Waals surface area contributed by atoms with Crippen LogP contribution in [-0.2, 0) is 12.8 Å². The monoisotopic (exact) mass is 370 g/mol. The number of aromatic amines is 1. The van der Waals surface area contributed by atoms with Crippen LogP contribution in [0.5, 0.6) is 5.75 Å². The van der Waals surface area contributed by atoms with Crippen molar-refractivity contribution in [3.8, 4) is 5.75 Å². The Labute approximate surface area is 163 Å². The van der Waals surface area contributed by atoms with Crippen LogP contribution in [0.15, 0.2) is 79.0 Å². The second-order valence-corrected chi connectivity index (χ2v) is 6.88. The lowest BCUT2D eigenvalue weighted by atomic mass is 10.0. The standard InChI is InChI=1S/C24H22N2O2/c27-23-11-10-18(14-17-6-2-1-3-7-17)15-21(23)24(28)25-13-12-19-16-26-22-9-5-4-8-20(19)22/h1-11,15-16,26-27H,12-14H2,(H,25,28). The molecule has 28 heavy (non-hydrogen) atoms. The number of aromatic hydroxyl groups is 1. The van der Waals surface area contributed by atoms with Crippen LogP contribution in [0.1, 0.15) is 27.0 Å². The minimum atomic E-state index is -0.257. The lowest BCUT2D eigenvalue weighted by molar-refractivity contribution is 0.0951. The van der Waals surface area contributed by atoms with Crippen LogP contribution in [0, 0.1) is 0 Å². The van der Waals surface area contributed by atoms with E-state index >= 15 is 0 Å². The zero-order valence-corrected chi connectivity index (χ0v) is 15.5. The number of rotatable bonds is 6. The number of fused-ring (bicyclic) bond motifs is 1. The van der Waals surface area contributed by atoms with E-state index in [2.05, 4.69) is 16.4 Å². The van der Waals surface area contributed by atoms with Gasteiger partial charge in [0.05, 0.1) is 5.56 Å². The summed E-state index contributed by atoms with van der Waals surface area (Å²) in [4.78, 5) is 15.8. The van der Waals surface area contributed by atoms with Gasteiger partial charge in [-0.3, -0.25) is 4.79 Å². The maximum absolute atomic E-state index is 12.6. The largest absolute Gasteiger partial charge is 0.507 e. The van der Waals surface area contributed by atoms with Crippen molar-refractivity contribution in [2.75, 3.05) is 6.54 Å². The first-order valence-corrected chi connectivity index (χ1v) is 9.40. The molecule has 0 bridgehead atoms. The summed E-state index contributed by atoms with van der Waals surface area (Å²) in [6.45, 7) is 0.503. The predicted octanol–water partition coefficient (Wildman–Crippen LogP) is 4.44. The van der Waals surface area contributed by atoms with Crippen molar-refractivity contribution >= 4 is 16.8 Å². The van der Waals surface area contributed by atoms with Gasteiger partial charge in [-0.25, -0.2) is 0 Å². The number of phenols is 1. The number of hydrogen-bond donors (Lipinski definition) is 3. The van der Waals surface area contributed by atoms with Gasteiger partial charge in [0.25, 0.3) is 5.91 Å². The van der Waals surface area contributed by atoms with E-state index in [0.717, 1.165) is 29.5 Å². The Morgan fingerprint density at radius 2 is 1.71 bits per heavy atom. The van der Waals surface area contributed by atoms with E-state index < -0.39 is 0 Å². The van der Waals surface area contributed by atoms with Gasteiger partial charge in [-0.2, -0.15) is 0 Å². The molecule has 0 radical (unpaired) electrons. The van der Waals surface area contributed by atoms with Crippen LogP contribution >= 0.6 is 0 Å². The number of carbonyl (C=O) groups excluding carboxylic acids is 1. The van der Waals surface area contributed by atoms with Crippen molar-refractivity contribution in [1.29, 1.82) is 0 Å². The van der Waals surface area contributed by atoms with E-state index in [1.165, 1.54) is 10.9 Å². The molecule has 1 amide bonds. The molecule has 3 N–H and O–H groups in total. The first-order chi connectivity index (χ1) is 13.7. The SMILES string of the molecule is O=C(NCCc1c[nH]c2ccccc12)c1cc(Cc2ccccc2)ccc1O. The van der Waals surface area contributed by atoms with E-state index in [0.29, 0.717) is 12.1 Å². The molecular weight excluding hydrogens is 348 g/mol. The Bertz CT molecular complexity index is 1100. The van der Waals surface area contributed by atoms with E-state index in [1.54, 1.807) is 12.1 Å². The van der Waals surface area contributed by atoms with Crippen LogP contribution in [-0.4, -0.2) is 22.5 Å². The van der Waals surface area contributed by atoms with Crippen LogP contribution in [0.2, 0.25) is 0 Å². The van der Waals surface area contributed by atoms with E-state index in [4.69, 9.17) is 0 Å². The number of nitrogens with one attached hydrogen (secondary N) is 2. The van der Waals surface area contributed by atoms with Crippen LogP contribution < -0.4 is 5.32 Å². The Balaban J connectivity index is 1.42. The van der Waals surface area contributed by atoms with Gasteiger partial charge in [0.15, 0.2) is 0 Å². The Morgan fingerprint density at radius 3 is 2.57 bits per heavy atom. The fraction of sp³-hybridized carbons (Fsp3) is 0.125. The first kappa shape index (κ1) is 17.9. The average Bonchev–Trinajstić information content (AvgIpc) is 3.13. The third-order valence-corrected chi connectivity index (χ3v) is 4.91. The fourth-order valence-electron chi connectivity index (χ4n) is 3.45. The molecule has 0 saturated carbocycles. The van der Waals surface area contributed by atoms with Crippen LogP contribution in [0.25, 0.3) is 10.9 Å². The van der Waals surface area contributed by atoms with E-state index in [9.17, 15) is 9.90 Å². The molecule has 4 heteroatoms. The van der Waals surface area contributed by atoms with Crippen molar-refractivity contribution in [3.63, 3.8) is 0 Å². The van der Waals surface area contributed by atoms with Crippen molar-refractivity contribution in [1.82, 2.24) is 10.3 Å². The number of para-hydroxylation sites is 1. The van der Waals surface area contributed by atoms with Crippen molar-refractivity contribution in [2.24, 2.45) is 0 Å². The van der Waals surface area contributed by atoms with Crippen molar-refractivity contribution < 1.29 is 9.90 Å². The van der Waals surface area contributed by atoms with Gasteiger partial charge >= 0.3 is 0 Å². The molecule has 0 saturated heterocycles. The molecule has 0 fully saturated rings. The number of benzene rings is 3. The Morgan fingerprint density at radius 1 is 0.929 bits per heavy atom. The quantitative estimate of drug-likeness (QED) is 0.470. The fourth-order valence-corrected chi connectivity index (χ4v) is 3.45. The maximum Gasteiger partial charge on any atom is 0.255 e. The molecule has 1 heterocycles. The second kappa shape index (κ2) is 8.01. The molecule has 1 aromatic heterocycles. The number of phenolic OH excluding ortho intramolecular Hbond substituents is 1. The van der Waals surface area contributed by atoms with Crippen molar-refractivity contribution in [2.45, 2.75) is 12.8 Å². The predicted molar refractivity (Wildman–Crippen MR) is 112 cm³/mol. The summed E-state index contributed by atoms with van der Waals surface area (Å²) in [7, 11) is 0. The molecular formula is C24H22N2O2. The third-order valence-electron chi connectivity index (χ3n) is 4.91. The summed E-state index contributed by atoms with van der Waals surface area (Å²) in [5.41, 5.74) is 4.73. The average molecular weight is 370 g/mol. The van der Waals surface area contributed by atoms with Gasteiger partial charge in [0.1, 0.15) is 5.75 Å². The van der Waals surface area contributed by atoms with Gasteiger partial charge in [-0.1, -0.05) is 54.6 Å². The number of hydrogen-bond acceptors (Lipinski definition) is 2. The highest BCUT2D eigenvalue weighted by Gasteiger charge is 2.12. The van der Waals surface area contributed by atoms with Crippen LogP contribution in [0.3, 0.4) is 0 Å². The highest BCUT2D eigenvalue weighted by Crippen LogP contribution is 2.21. The van der Waals surface area contributed by atoms with Crippen LogP contribution in [0.4, 0.5) is 0 Å². The molecule has 0 spiro atoms. The number of carbonyl (C=O) groups is 1. The highest BCUT2D eigenvalue weighted by molar-refractivity contribution is 5.97. The molecule has 4 rings (SSSR count). The molecule has 140 valence electrons. The van der Waals surface area contributed by atoms with Crippen molar-refractivity contribution in [3.05, 3.63) is 101 Å². The maximum atomic E-state index is 12.6. The molecule has 0 aliphatic rings. The normalized spacial score (nSPS) is 10.9. The lowest BCUT2D eigenvalue weighted by Gasteiger charge is -2.09. The van der Waals surface area contributed by atoms with Gasteiger partial charge in [-0.05, 0) is 47.7 Å². The summed E-state index contributed by atoms with van der Waals surface area (Å²) >= 11 is 0. The topological polar surface area (TPSA) is 65.1 Å². The van der Waals surface area contributed by atoms with Gasteiger partial charge in [0.2, 0.25) is 0 Å². The summed E-state index contributed by atoms with van der Waals surface area (Å²) in [5.74, 6) is -0.256. The third kappa shape index (κ3) is 3.91. The highest BCUT2D eigenvalue weighted by atomic mass is 16.3. The zero-order valence-electron chi connectivity index (χ0n) is 15.5. The minimum Gasteiger partial charge on any atom is -0.507 e. The van der Waals surface area contributed by atoms with E-state index in [1.807, 2.05) is 60.8 Å².